The van der Waals surface area contributed by atoms with Gasteiger partial charge in [-0.2, -0.15) is 15.0 Å². The molecule has 2 aliphatic rings. The van der Waals surface area contributed by atoms with Crippen LogP contribution >= 0.6 is 11.8 Å². The summed E-state index contributed by atoms with van der Waals surface area (Å²) < 4.78 is 19.4. The van der Waals surface area contributed by atoms with E-state index in [1.165, 1.54) is 42.9 Å². The summed E-state index contributed by atoms with van der Waals surface area (Å²) in [6.45, 7) is 2.38. The predicted molar refractivity (Wildman–Crippen MR) is 125 cm³/mol. The van der Waals surface area contributed by atoms with Crippen LogP contribution in [-0.2, 0) is 25.7 Å². The highest BCUT2D eigenvalue weighted by Crippen LogP contribution is 2.40. The van der Waals surface area contributed by atoms with Gasteiger partial charge in [-0.25, -0.2) is 9.18 Å². The number of methoxy groups -OCH3 is 1. The van der Waals surface area contributed by atoms with Gasteiger partial charge in [0.25, 0.3) is 0 Å². The maximum absolute atomic E-state index is 14.8. The Hall–Kier alpha value is -2.85. The van der Waals surface area contributed by atoms with Gasteiger partial charge in [-0.05, 0) is 37.0 Å². The first kappa shape index (κ1) is 24.3. The largest absolute Gasteiger partial charge is 0.468 e. The number of likely N-dealkylation sites (tertiary alicyclic amines) is 1. The van der Waals surface area contributed by atoms with Crippen LogP contribution in [0.25, 0.3) is 6.08 Å². The minimum atomic E-state index is -0.671. The van der Waals surface area contributed by atoms with Crippen molar-refractivity contribution in [3.8, 4) is 0 Å². The standard InChI is InChI=1S/C24H27FN4O4S/c1-15(30)34-21-9-10-28(13-17(21)11-18-12-26-29(27-18)14-22(31)33-2)23(24(32)16-7-8-16)19-5-3-4-6-20(19)25/h3-6,11-12,16,21,23H,7-10,13-14H2,1-2H3. The fraction of sp³-hybridized carbons (Fsp3) is 0.458. The fourth-order valence-corrected chi connectivity index (χ4v) is 5.14. The maximum atomic E-state index is 14.8. The number of nitrogens with zero attached hydrogens (tertiary/aromatic N) is 4. The minimum Gasteiger partial charge on any atom is -0.468 e. The molecular weight excluding hydrogens is 459 g/mol. The highest BCUT2D eigenvalue weighted by Gasteiger charge is 2.41. The first-order chi connectivity index (χ1) is 16.4. The number of hydrogen-bond acceptors (Lipinski definition) is 8. The van der Waals surface area contributed by atoms with Crippen molar-refractivity contribution in [1.82, 2.24) is 19.9 Å². The number of piperidine rings is 1. The third kappa shape index (κ3) is 5.79. The Labute approximate surface area is 201 Å². The van der Waals surface area contributed by atoms with Gasteiger partial charge in [0.2, 0.25) is 0 Å². The van der Waals surface area contributed by atoms with Gasteiger partial charge in [0.15, 0.2) is 17.4 Å². The lowest BCUT2D eigenvalue weighted by atomic mass is 9.93. The number of hydrogen-bond donors (Lipinski definition) is 0. The molecule has 0 amide bonds. The highest BCUT2D eigenvalue weighted by molar-refractivity contribution is 8.14. The lowest BCUT2D eigenvalue weighted by Gasteiger charge is -2.38. The molecule has 0 N–H and O–H groups in total. The first-order valence-electron chi connectivity index (χ1n) is 11.2. The van der Waals surface area contributed by atoms with Gasteiger partial charge in [0.1, 0.15) is 11.5 Å². The van der Waals surface area contributed by atoms with Crippen molar-refractivity contribution in [3.05, 3.63) is 53.1 Å². The minimum absolute atomic E-state index is 0.00148. The van der Waals surface area contributed by atoms with Crippen molar-refractivity contribution >= 4 is 34.7 Å². The van der Waals surface area contributed by atoms with Crippen molar-refractivity contribution in [2.24, 2.45) is 5.92 Å². The molecule has 2 fully saturated rings. The second-order valence-corrected chi connectivity index (χ2v) is 9.93. The van der Waals surface area contributed by atoms with Crippen LogP contribution in [0.2, 0.25) is 0 Å². The van der Waals surface area contributed by atoms with Crippen molar-refractivity contribution in [3.63, 3.8) is 0 Å². The van der Waals surface area contributed by atoms with E-state index in [2.05, 4.69) is 14.9 Å². The van der Waals surface area contributed by atoms with E-state index in [4.69, 9.17) is 0 Å². The molecule has 2 heterocycles. The average molecular weight is 487 g/mol. The Kier molecular flexibility index (Phi) is 7.57. The lowest BCUT2D eigenvalue weighted by Crippen LogP contribution is -2.43. The predicted octanol–water partition coefficient (Wildman–Crippen LogP) is 3.05. The molecule has 1 saturated carbocycles. The van der Waals surface area contributed by atoms with Crippen LogP contribution in [0, 0.1) is 11.7 Å². The average Bonchev–Trinajstić information content (AvgIpc) is 3.57. The molecule has 1 aliphatic heterocycles. The van der Waals surface area contributed by atoms with Crippen molar-refractivity contribution in [2.45, 2.75) is 44.0 Å². The number of rotatable bonds is 8. The number of benzene rings is 1. The number of aromatic nitrogens is 3. The summed E-state index contributed by atoms with van der Waals surface area (Å²) in [6, 6.07) is 5.77. The van der Waals surface area contributed by atoms with Gasteiger partial charge in [-0.15, -0.1) is 0 Å². The lowest BCUT2D eigenvalue weighted by molar-refractivity contribution is -0.141. The molecule has 1 saturated heterocycles. The second-order valence-electron chi connectivity index (χ2n) is 8.55. The smallest absolute Gasteiger partial charge is 0.329 e. The van der Waals surface area contributed by atoms with E-state index in [0.29, 0.717) is 30.8 Å². The molecule has 1 aromatic heterocycles. The second kappa shape index (κ2) is 10.6. The number of carbonyl (C=O) groups is 3. The Bertz CT molecular complexity index is 1110. The van der Waals surface area contributed by atoms with Crippen LogP contribution in [0.15, 0.2) is 36.0 Å². The SMILES string of the molecule is COC(=O)Cn1ncc(C=C2CN(C(C(=O)C3CC3)c3ccccc3F)CCC2SC(C)=O)n1. The molecular formula is C24H27FN4O4S. The molecule has 1 aliphatic carbocycles. The van der Waals surface area contributed by atoms with E-state index in [1.54, 1.807) is 18.2 Å². The highest BCUT2D eigenvalue weighted by atomic mass is 32.2. The van der Waals surface area contributed by atoms with Gasteiger partial charge in [0, 0.05) is 36.7 Å². The Balaban J connectivity index is 1.63. The van der Waals surface area contributed by atoms with E-state index in [1.807, 2.05) is 11.0 Å². The van der Waals surface area contributed by atoms with E-state index >= 15 is 0 Å². The number of ether oxygens (including phenoxy) is 1. The fourth-order valence-electron chi connectivity index (χ4n) is 4.22. The third-order valence-electron chi connectivity index (χ3n) is 5.99. The zero-order valence-corrected chi connectivity index (χ0v) is 20.0. The van der Waals surface area contributed by atoms with Crippen LogP contribution in [0.3, 0.4) is 0 Å². The summed E-state index contributed by atoms with van der Waals surface area (Å²) in [7, 11) is 1.30. The summed E-state index contributed by atoms with van der Waals surface area (Å²) in [6.07, 6.45) is 5.69. The summed E-state index contributed by atoms with van der Waals surface area (Å²) >= 11 is 1.24. The first-order valence-corrected chi connectivity index (χ1v) is 12.1. The van der Waals surface area contributed by atoms with E-state index < -0.39 is 17.8 Å². The number of ketones is 1. The molecule has 0 bridgehead atoms. The number of halogens is 1. The maximum Gasteiger partial charge on any atom is 0.329 e. The molecule has 34 heavy (non-hydrogen) atoms. The summed E-state index contributed by atoms with van der Waals surface area (Å²) in [5, 5.41) is 8.32. The zero-order chi connectivity index (χ0) is 24.2. The number of Topliss-reactive ketones (excluding diaryl/α,β-unsaturated/α-hetero) is 1. The summed E-state index contributed by atoms with van der Waals surface area (Å²) in [5.74, 6) is -0.835. The quantitative estimate of drug-likeness (QED) is 0.526. The van der Waals surface area contributed by atoms with Crippen LogP contribution in [0.1, 0.15) is 43.5 Å². The van der Waals surface area contributed by atoms with Crippen LogP contribution in [0.4, 0.5) is 4.39 Å². The van der Waals surface area contributed by atoms with Gasteiger partial charge in [-0.1, -0.05) is 30.0 Å². The number of thioether (sulfide) groups is 1. The molecule has 2 aromatic rings. The normalized spacial score (nSPS) is 20.8. The van der Waals surface area contributed by atoms with E-state index in [9.17, 15) is 18.8 Å². The molecule has 10 heteroatoms. The Morgan fingerprint density at radius 3 is 2.71 bits per heavy atom. The molecule has 4 rings (SSSR count). The molecule has 180 valence electrons. The monoisotopic (exact) mass is 486 g/mol. The van der Waals surface area contributed by atoms with Crippen LogP contribution in [-0.4, -0.2) is 62.2 Å². The molecule has 2 unspecified atom stereocenters. The van der Waals surface area contributed by atoms with Gasteiger partial charge in [-0.3, -0.25) is 14.5 Å². The molecule has 0 spiro atoms. The Morgan fingerprint density at radius 1 is 1.26 bits per heavy atom. The third-order valence-corrected chi connectivity index (χ3v) is 7.14. The van der Waals surface area contributed by atoms with E-state index in [0.717, 1.165) is 18.4 Å². The van der Waals surface area contributed by atoms with Gasteiger partial charge < -0.3 is 4.74 Å². The summed E-state index contributed by atoms with van der Waals surface area (Å²) in [5.41, 5.74) is 1.83. The van der Waals surface area contributed by atoms with Crippen LogP contribution in [0.5, 0.6) is 0 Å². The van der Waals surface area contributed by atoms with Crippen molar-refractivity contribution < 1.29 is 23.5 Å². The summed E-state index contributed by atoms with van der Waals surface area (Å²) in [4.78, 5) is 39.9. The Morgan fingerprint density at radius 2 is 2.03 bits per heavy atom. The number of carbonyl (C=O) groups excluding carboxylic acids is 3. The molecule has 2 atom stereocenters. The van der Waals surface area contributed by atoms with Crippen molar-refractivity contribution in [1.29, 1.82) is 0 Å². The number of esters is 1. The van der Waals surface area contributed by atoms with Crippen LogP contribution < -0.4 is 0 Å². The molecule has 8 nitrogen and oxygen atoms in total. The van der Waals surface area contributed by atoms with Crippen molar-refractivity contribution in [2.75, 3.05) is 20.2 Å². The van der Waals surface area contributed by atoms with Gasteiger partial charge >= 0.3 is 5.97 Å². The topological polar surface area (TPSA) is 94.4 Å². The van der Waals surface area contributed by atoms with Gasteiger partial charge in [0.05, 0.1) is 19.3 Å². The zero-order valence-electron chi connectivity index (χ0n) is 19.1. The molecule has 1 aromatic carbocycles. The van der Waals surface area contributed by atoms with E-state index in [-0.39, 0.29) is 28.6 Å². The molecule has 0 radical (unpaired) electrons.